The van der Waals surface area contributed by atoms with Gasteiger partial charge in [-0.25, -0.2) is 0 Å². The minimum atomic E-state index is 0.0430. The van der Waals surface area contributed by atoms with Crippen LogP contribution in [0.3, 0.4) is 0 Å². The lowest BCUT2D eigenvalue weighted by atomic mass is 9.71. The summed E-state index contributed by atoms with van der Waals surface area (Å²) in [7, 11) is 0. The first-order valence-electron chi connectivity index (χ1n) is 7.43. The number of hydrogen-bond donors (Lipinski definition) is 0. The van der Waals surface area contributed by atoms with Crippen LogP contribution in [-0.2, 0) is 4.84 Å². The summed E-state index contributed by atoms with van der Waals surface area (Å²) in [5, 5.41) is 2.28. The largest absolute Gasteiger partial charge is 0.292 e. The first-order valence-corrected chi connectivity index (χ1v) is 7.43. The zero-order chi connectivity index (χ0) is 12.6. The number of hydroxylamine groups is 2. The van der Waals surface area contributed by atoms with Crippen molar-refractivity contribution in [2.24, 2.45) is 11.8 Å². The van der Waals surface area contributed by atoms with Crippen LogP contribution in [0.4, 0.5) is 0 Å². The molecule has 0 spiro atoms. The first-order chi connectivity index (χ1) is 7.95. The molecule has 0 amide bonds. The van der Waals surface area contributed by atoms with Crippen LogP contribution in [0, 0.1) is 11.8 Å². The van der Waals surface area contributed by atoms with Crippen molar-refractivity contribution in [3.05, 3.63) is 0 Å². The molecule has 100 valence electrons. The van der Waals surface area contributed by atoms with E-state index in [9.17, 15) is 0 Å². The molecular weight excluding hydrogens is 210 g/mol. The van der Waals surface area contributed by atoms with Crippen LogP contribution in [0.2, 0.25) is 0 Å². The lowest BCUT2D eigenvalue weighted by Gasteiger charge is -2.36. The van der Waals surface area contributed by atoms with Crippen molar-refractivity contribution in [2.75, 3.05) is 0 Å². The van der Waals surface area contributed by atoms with E-state index in [2.05, 4.69) is 39.7 Å². The molecule has 3 atom stereocenters. The lowest BCUT2D eigenvalue weighted by molar-refractivity contribution is -0.211. The predicted molar refractivity (Wildman–Crippen MR) is 71.7 cm³/mol. The molecule has 1 saturated heterocycles. The smallest absolute Gasteiger partial charge is 0.0887 e. The van der Waals surface area contributed by atoms with E-state index in [1.807, 2.05) is 0 Å². The van der Waals surface area contributed by atoms with Crippen LogP contribution < -0.4 is 0 Å². The van der Waals surface area contributed by atoms with E-state index in [1.54, 1.807) is 0 Å². The molecule has 2 fully saturated rings. The molecule has 1 aliphatic heterocycles. The molecule has 0 unspecified atom stereocenters. The maximum Gasteiger partial charge on any atom is 0.0887 e. The van der Waals surface area contributed by atoms with Gasteiger partial charge in [-0.15, -0.1) is 0 Å². The fraction of sp³-hybridized carbons (Fsp3) is 1.00. The van der Waals surface area contributed by atoms with Crippen LogP contribution in [0.25, 0.3) is 0 Å². The van der Waals surface area contributed by atoms with Crippen LogP contribution in [0.15, 0.2) is 0 Å². The number of fused-ring (bicyclic) bond motifs is 1. The second-order valence-corrected chi connectivity index (χ2v) is 6.79. The highest BCUT2D eigenvalue weighted by molar-refractivity contribution is 4.98. The lowest BCUT2D eigenvalue weighted by Crippen LogP contribution is -2.41. The summed E-state index contributed by atoms with van der Waals surface area (Å²) in [4.78, 5) is 6.22. The molecule has 0 N–H and O–H groups in total. The molecule has 1 heterocycles. The summed E-state index contributed by atoms with van der Waals surface area (Å²) in [6.07, 6.45) is 6.83. The van der Waals surface area contributed by atoms with E-state index >= 15 is 0 Å². The van der Waals surface area contributed by atoms with Crippen molar-refractivity contribution in [1.82, 2.24) is 5.06 Å². The molecule has 0 aromatic heterocycles. The van der Waals surface area contributed by atoms with Gasteiger partial charge in [0, 0.05) is 18.0 Å². The zero-order valence-electron chi connectivity index (χ0n) is 12.2. The summed E-state index contributed by atoms with van der Waals surface area (Å²) in [5.74, 6) is 1.67. The van der Waals surface area contributed by atoms with Gasteiger partial charge in [-0.1, -0.05) is 19.8 Å². The van der Waals surface area contributed by atoms with Crippen LogP contribution in [-0.4, -0.2) is 22.7 Å². The Bertz CT molecular complexity index is 262. The van der Waals surface area contributed by atoms with Gasteiger partial charge in [0.25, 0.3) is 0 Å². The highest BCUT2D eigenvalue weighted by atomic mass is 16.7. The van der Waals surface area contributed by atoms with E-state index in [0.29, 0.717) is 12.1 Å². The van der Waals surface area contributed by atoms with Gasteiger partial charge < -0.3 is 0 Å². The van der Waals surface area contributed by atoms with Crippen molar-refractivity contribution >= 4 is 0 Å². The Kier molecular flexibility index (Phi) is 3.84. The van der Waals surface area contributed by atoms with Gasteiger partial charge >= 0.3 is 0 Å². The fourth-order valence-corrected chi connectivity index (χ4v) is 3.86. The maximum absolute atomic E-state index is 6.22. The van der Waals surface area contributed by atoms with Gasteiger partial charge in [-0.2, -0.15) is 5.06 Å². The number of hydrogen-bond acceptors (Lipinski definition) is 2. The Hall–Kier alpha value is -0.0800. The molecule has 0 aromatic rings. The third kappa shape index (κ3) is 2.53. The molecule has 1 aliphatic carbocycles. The molecule has 0 aromatic carbocycles. The van der Waals surface area contributed by atoms with Crippen LogP contribution >= 0.6 is 0 Å². The van der Waals surface area contributed by atoms with E-state index in [-0.39, 0.29) is 5.60 Å². The van der Waals surface area contributed by atoms with Crippen LogP contribution in [0.1, 0.15) is 66.7 Å². The second-order valence-electron chi connectivity index (χ2n) is 6.79. The van der Waals surface area contributed by atoms with Gasteiger partial charge in [0.15, 0.2) is 0 Å². The first kappa shape index (κ1) is 13.4. The number of rotatable bonds is 3. The predicted octanol–water partition coefficient (Wildman–Crippen LogP) is 4.01. The monoisotopic (exact) mass is 239 g/mol. The Morgan fingerprint density at radius 2 is 2.00 bits per heavy atom. The van der Waals surface area contributed by atoms with E-state index in [1.165, 1.54) is 32.1 Å². The molecule has 17 heavy (non-hydrogen) atoms. The highest BCUT2D eigenvalue weighted by Crippen LogP contribution is 2.47. The molecule has 2 aliphatic rings. The van der Waals surface area contributed by atoms with Gasteiger partial charge in [0.1, 0.15) is 0 Å². The summed E-state index contributed by atoms with van der Waals surface area (Å²) in [6, 6.07) is 1.17. The van der Waals surface area contributed by atoms with Gasteiger partial charge in [0.2, 0.25) is 0 Å². The SMILES string of the molecule is CCC[C@@H]1CC[C@@H]2[C@@H](C1)C(C)(C)ON2C(C)C. The third-order valence-electron chi connectivity index (χ3n) is 4.69. The zero-order valence-corrected chi connectivity index (χ0v) is 12.2. The molecule has 1 saturated carbocycles. The van der Waals surface area contributed by atoms with Crippen LogP contribution in [0.5, 0.6) is 0 Å². The van der Waals surface area contributed by atoms with Gasteiger partial charge in [0.05, 0.1) is 5.60 Å². The van der Waals surface area contributed by atoms with Crippen molar-refractivity contribution < 1.29 is 4.84 Å². The van der Waals surface area contributed by atoms with Gasteiger partial charge in [-0.05, 0) is 52.9 Å². The van der Waals surface area contributed by atoms with Crippen molar-refractivity contribution in [1.29, 1.82) is 0 Å². The second kappa shape index (κ2) is 4.89. The topological polar surface area (TPSA) is 12.5 Å². The molecule has 2 nitrogen and oxygen atoms in total. The van der Waals surface area contributed by atoms with Gasteiger partial charge in [-0.3, -0.25) is 4.84 Å². The average Bonchev–Trinajstić information content (AvgIpc) is 2.52. The van der Waals surface area contributed by atoms with E-state index < -0.39 is 0 Å². The summed E-state index contributed by atoms with van der Waals surface area (Å²) >= 11 is 0. The summed E-state index contributed by atoms with van der Waals surface area (Å²) in [5.41, 5.74) is 0.0430. The third-order valence-corrected chi connectivity index (χ3v) is 4.69. The minimum Gasteiger partial charge on any atom is -0.292 e. The standard InChI is InChI=1S/C15H29NO/c1-6-7-12-8-9-14-13(10-12)15(4,5)17-16(14)11(2)3/h11-14H,6-10H2,1-5H3/t12-,13-,14-/m1/s1. The summed E-state index contributed by atoms with van der Waals surface area (Å²) < 4.78 is 0. The number of nitrogens with zero attached hydrogens (tertiary/aromatic N) is 1. The molecule has 2 heteroatoms. The summed E-state index contributed by atoms with van der Waals surface area (Å²) in [6.45, 7) is 11.4. The highest BCUT2D eigenvalue weighted by Gasteiger charge is 2.51. The fourth-order valence-electron chi connectivity index (χ4n) is 3.86. The van der Waals surface area contributed by atoms with Crippen molar-refractivity contribution in [2.45, 2.75) is 84.4 Å². The Balaban J connectivity index is 2.09. The average molecular weight is 239 g/mol. The van der Waals surface area contributed by atoms with Crippen molar-refractivity contribution in [3.63, 3.8) is 0 Å². The Morgan fingerprint density at radius 1 is 1.29 bits per heavy atom. The minimum absolute atomic E-state index is 0.0430. The molecule has 0 radical (unpaired) electrons. The quantitative estimate of drug-likeness (QED) is 0.738. The molecular formula is C15H29NO. The Morgan fingerprint density at radius 3 is 2.59 bits per heavy atom. The van der Waals surface area contributed by atoms with E-state index in [4.69, 9.17) is 4.84 Å². The molecule has 0 bridgehead atoms. The van der Waals surface area contributed by atoms with Crippen molar-refractivity contribution in [3.8, 4) is 0 Å². The molecule has 2 rings (SSSR count). The maximum atomic E-state index is 6.22. The normalized spacial score (nSPS) is 37.4. The Labute approximate surface area is 107 Å². The van der Waals surface area contributed by atoms with E-state index in [0.717, 1.165) is 11.8 Å².